The Hall–Kier alpha value is -2.18. The summed E-state index contributed by atoms with van der Waals surface area (Å²) in [5.41, 5.74) is 2.70. The second kappa shape index (κ2) is 7.37. The molecule has 1 aliphatic carbocycles. The van der Waals surface area contributed by atoms with Crippen molar-refractivity contribution in [3.63, 3.8) is 0 Å². The quantitative estimate of drug-likeness (QED) is 0.895. The van der Waals surface area contributed by atoms with Gasteiger partial charge in [0, 0.05) is 25.1 Å². The van der Waals surface area contributed by atoms with Crippen LogP contribution in [-0.2, 0) is 16.0 Å². The maximum Gasteiger partial charge on any atom is 0.227 e. The van der Waals surface area contributed by atoms with Crippen molar-refractivity contribution in [3.05, 3.63) is 47.7 Å². The molecule has 2 N–H and O–H groups in total. The summed E-state index contributed by atoms with van der Waals surface area (Å²) in [4.78, 5) is 12.4. The molecule has 1 saturated heterocycles. The lowest BCUT2D eigenvalue weighted by Gasteiger charge is -2.27. The van der Waals surface area contributed by atoms with Gasteiger partial charge < -0.3 is 15.4 Å². The summed E-state index contributed by atoms with van der Waals surface area (Å²) in [6.07, 6.45) is 5.46. The lowest BCUT2D eigenvalue weighted by molar-refractivity contribution is -0.117. The van der Waals surface area contributed by atoms with Gasteiger partial charge in [0.1, 0.15) is 5.82 Å². The summed E-state index contributed by atoms with van der Waals surface area (Å²) < 4.78 is 7.38. The summed E-state index contributed by atoms with van der Waals surface area (Å²) >= 11 is 0. The molecule has 0 radical (unpaired) electrons. The molecule has 6 heteroatoms. The predicted octanol–water partition coefficient (Wildman–Crippen LogP) is 2.13. The van der Waals surface area contributed by atoms with E-state index in [4.69, 9.17) is 4.74 Å². The van der Waals surface area contributed by atoms with Crippen LogP contribution in [0.25, 0.3) is 0 Å². The van der Waals surface area contributed by atoms with Gasteiger partial charge in [-0.05, 0) is 30.4 Å². The van der Waals surface area contributed by atoms with Crippen molar-refractivity contribution in [2.45, 2.75) is 37.8 Å². The van der Waals surface area contributed by atoms with Crippen LogP contribution in [-0.4, -0.2) is 41.5 Å². The normalized spacial score (nSPS) is 23.0. The Morgan fingerprint density at radius 1 is 1.36 bits per heavy atom. The van der Waals surface area contributed by atoms with Gasteiger partial charge in [-0.15, -0.1) is 0 Å². The second-order valence-corrected chi connectivity index (χ2v) is 6.75. The number of morpholine rings is 1. The molecule has 0 spiro atoms. The highest BCUT2D eigenvalue weighted by Crippen LogP contribution is 2.34. The minimum Gasteiger partial charge on any atom is -0.378 e. The first kappa shape index (κ1) is 16.3. The van der Waals surface area contributed by atoms with Crippen molar-refractivity contribution in [1.82, 2.24) is 15.1 Å². The standard InChI is InChI=1S/C19H24N4O2/c24-19(12-15-13-25-11-10-20-15)22-18-8-9-21-23(18)17-7-3-5-14-4-1-2-6-16(14)17/h1-2,4,6,8-9,15,17,20H,3,5,7,10-13H2,(H,22,24). The average molecular weight is 340 g/mol. The molecule has 2 aliphatic rings. The van der Waals surface area contributed by atoms with Crippen molar-refractivity contribution in [2.75, 3.05) is 25.1 Å². The number of amides is 1. The summed E-state index contributed by atoms with van der Waals surface area (Å²) in [7, 11) is 0. The number of hydrogen-bond acceptors (Lipinski definition) is 4. The maximum atomic E-state index is 12.4. The fourth-order valence-electron chi connectivity index (χ4n) is 3.81. The Bertz CT molecular complexity index is 737. The van der Waals surface area contributed by atoms with E-state index in [1.165, 1.54) is 11.1 Å². The molecule has 2 atom stereocenters. The third-order valence-corrected chi connectivity index (χ3v) is 5.00. The Labute approximate surface area is 147 Å². The number of rotatable bonds is 4. The SMILES string of the molecule is O=C(CC1COCCN1)Nc1ccnn1C1CCCc2ccccc21. The van der Waals surface area contributed by atoms with Crippen LogP contribution >= 0.6 is 0 Å². The van der Waals surface area contributed by atoms with Crippen LogP contribution in [0.1, 0.15) is 36.4 Å². The molecule has 2 aromatic rings. The minimum absolute atomic E-state index is 0.00570. The third-order valence-electron chi connectivity index (χ3n) is 5.00. The third kappa shape index (κ3) is 3.60. The Kier molecular flexibility index (Phi) is 4.81. The molecule has 1 amide bonds. The molecule has 1 aromatic carbocycles. The van der Waals surface area contributed by atoms with Crippen molar-refractivity contribution in [1.29, 1.82) is 0 Å². The minimum atomic E-state index is -0.00570. The highest BCUT2D eigenvalue weighted by atomic mass is 16.5. The lowest BCUT2D eigenvalue weighted by atomic mass is 9.88. The van der Waals surface area contributed by atoms with Gasteiger partial charge in [0.05, 0.1) is 25.5 Å². The summed E-state index contributed by atoms with van der Waals surface area (Å²) in [6, 6.07) is 10.7. The van der Waals surface area contributed by atoms with Crippen LogP contribution in [0.3, 0.4) is 0 Å². The van der Waals surface area contributed by atoms with Crippen molar-refractivity contribution < 1.29 is 9.53 Å². The smallest absolute Gasteiger partial charge is 0.227 e. The van der Waals surface area contributed by atoms with Crippen molar-refractivity contribution in [3.8, 4) is 0 Å². The van der Waals surface area contributed by atoms with Gasteiger partial charge >= 0.3 is 0 Å². The molecule has 6 nitrogen and oxygen atoms in total. The van der Waals surface area contributed by atoms with Crippen LogP contribution in [0.5, 0.6) is 0 Å². The Balaban J connectivity index is 1.48. The molecular formula is C19H24N4O2. The fourth-order valence-corrected chi connectivity index (χ4v) is 3.81. The van der Waals surface area contributed by atoms with E-state index in [1.807, 2.05) is 10.7 Å². The van der Waals surface area contributed by atoms with E-state index < -0.39 is 0 Å². The van der Waals surface area contributed by atoms with Crippen molar-refractivity contribution >= 4 is 11.7 Å². The number of benzene rings is 1. The van der Waals surface area contributed by atoms with E-state index in [2.05, 4.69) is 40.0 Å². The van der Waals surface area contributed by atoms with Crippen LogP contribution in [0.15, 0.2) is 36.5 Å². The summed E-state index contributed by atoms with van der Waals surface area (Å²) in [6.45, 7) is 2.10. The van der Waals surface area contributed by atoms with Gasteiger partial charge in [-0.25, -0.2) is 4.68 Å². The Morgan fingerprint density at radius 2 is 2.28 bits per heavy atom. The summed E-state index contributed by atoms with van der Waals surface area (Å²) in [5.74, 6) is 0.761. The van der Waals surface area contributed by atoms with E-state index in [1.54, 1.807) is 6.20 Å². The van der Waals surface area contributed by atoms with Gasteiger partial charge in [0.15, 0.2) is 0 Å². The van der Waals surface area contributed by atoms with Gasteiger partial charge in [0.25, 0.3) is 0 Å². The number of nitrogens with zero attached hydrogens (tertiary/aromatic N) is 2. The fraction of sp³-hybridized carbons (Fsp3) is 0.474. The van der Waals surface area contributed by atoms with Crippen LogP contribution in [0.4, 0.5) is 5.82 Å². The molecule has 2 unspecified atom stereocenters. The number of ether oxygens (including phenoxy) is 1. The lowest BCUT2D eigenvalue weighted by Crippen LogP contribution is -2.43. The molecule has 132 valence electrons. The largest absolute Gasteiger partial charge is 0.378 e. The number of carbonyl (C=O) groups is 1. The first-order valence-corrected chi connectivity index (χ1v) is 9.03. The molecule has 0 saturated carbocycles. The number of nitrogens with one attached hydrogen (secondary N) is 2. The highest BCUT2D eigenvalue weighted by Gasteiger charge is 2.24. The molecular weight excluding hydrogens is 316 g/mol. The molecule has 1 aromatic heterocycles. The second-order valence-electron chi connectivity index (χ2n) is 6.75. The Morgan fingerprint density at radius 3 is 3.16 bits per heavy atom. The monoisotopic (exact) mass is 340 g/mol. The predicted molar refractivity (Wildman–Crippen MR) is 95.6 cm³/mol. The van der Waals surface area contributed by atoms with Crippen LogP contribution < -0.4 is 10.6 Å². The van der Waals surface area contributed by atoms with Gasteiger partial charge in [-0.3, -0.25) is 4.79 Å². The topological polar surface area (TPSA) is 68.2 Å². The summed E-state index contributed by atoms with van der Waals surface area (Å²) in [5, 5.41) is 10.8. The maximum absolute atomic E-state index is 12.4. The van der Waals surface area contributed by atoms with Crippen LogP contribution in [0, 0.1) is 0 Å². The van der Waals surface area contributed by atoms with Crippen LogP contribution in [0.2, 0.25) is 0 Å². The molecule has 4 rings (SSSR count). The number of carbonyl (C=O) groups excluding carboxylic acids is 1. The zero-order chi connectivity index (χ0) is 17.1. The number of hydrogen-bond donors (Lipinski definition) is 2. The first-order chi connectivity index (χ1) is 12.3. The van der Waals surface area contributed by atoms with Gasteiger partial charge in [-0.1, -0.05) is 24.3 Å². The van der Waals surface area contributed by atoms with E-state index in [-0.39, 0.29) is 18.0 Å². The molecule has 1 aliphatic heterocycles. The number of aryl methyl sites for hydroxylation is 1. The van der Waals surface area contributed by atoms with E-state index >= 15 is 0 Å². The number of aromatic nitrogens is 2. The number of anilines is 1. The highest BCUT2D eigenvalue weighted by molar-refractivity contribution is 5.90. The zero-order valence-electron chi connectivity index (χ0n) is 14.3. The molecule has 25 heavy (non-hydrogen) atoms. The zero-order valence-corrected chi connectivity index (χ0v) is 14.3. The van der Waals surface area contributed by atoms with Gasteiger partial charge in [0.2, 0.25) is 5.91 Å². The van der Waals surface area contributed by atoms with E-state index in [0.717, 1.165) is 31.6 Å². The molecule has 1 fully saturated rings. The molecule has 2 heterocycles. The van der Waals surface area contributed by atoms with Gasteiger partial charge in [-0.2, -0.15) is 5.10 Å². The van der Waals surface area contributed by atoms with Crippen molar-refractivity contribution in [2.24, 2.45) is 0 Å². The number of fused-ring (bicyclic) bond motifs is 1. The van der Waals surface area contributed by atoms with E-state index in [9.17, 15) is 4.79 Å². The molecule has 0 bridgehead atoms. The first-order valence-electron chi connectivity index (χ1n) is 9.03. The van der Waals surface area contributed by atoms with E-state index in [0.29, 0.717) is 19.6 Å². The average Bonchev–Trinajstić information content (AvgIpc) is 3.09.